The SMILES string of the molecule is CCC1CNC(C)CN1Cc1ccc2ncccc2c1. The minimum atomic E-state index is 0.583. The van der Waals surface area contributed by atoms with E-state index in [-0.39, 0.29) is 0 Å². The lowest BCUT2D eigenvalue weighted by atomic mass is 10.0. The van der Waals surface area contributed by atoms with Crippen LogP contribution >= 0.6 is 0 Å². The molecule has 0 radical (unpaired) electrons. The number of nitrogens with zero attached hydrogens (tertiary/aromatic N) is 2. The van der Waals surface area contributed by atoms with Crippen LogP contribution in [0.4, 0.5) is 0 Å². The zero-order valence-electron chi connectivity index (χ0n) is 12.3. The zero-order valence-corrected chi connectivity index (χ0v) is 12.3. The van der Waals surface area contributed by atoms with Gasteiger partial charge in [-0.3, -0.25) is 9.88 Å². The van der Waals surface area contributed by atoms with E-state index in [0.29, 0.717) is 12.1 Å². The number of aromatic nitrogens is 1. The molecule has 1 aromatic heterocycles. The summed E-state index contributed by atoms with van der Waals surface area (Å²) in [5.74, 6) is 0. The Hall–Kier alpha value is -1.45. The molecule has 0 amide bonds. The van der Waals surface area contributed by atoms with Crippen molar-refractivity contribution in [2.24, 2.45) is 0 Å². The molecule has 1 aromatic carbocycles. The first-order valence-electron chi connectivity index (χ1n) is 7.57. The number of pyridine rings is 1. The number of nitrogens with one attached hydrogen (secondary N) is 1. The first-order chi connectivity index (χ1) is 9.76. The van der Waals surface area contributed by atoms with Gasteiger partial charge in [-0.05, 0) is 37.1 Å². The van der Waals surface area contributed by atoms with Crippen LogP contribution in [0.3, 0.4) is 0 Å². The van der Waals surface area contributed by atoms with E-state index in [0.717, 1.165) is 25.2 Å². The highest BCUT2D eigenvalue weighted by atomic mass is 15.2. The summed E-state index contributed by atoms with van der Waals surface area (Å²) in [4.78, 5) is 7.00. The molecule has 1 aliphatic heterocycles. The second-order valence-electron chi connectivity index (χ2n) is 5.83. The lowest BCUT2D eigenvalue weighted by molar-refractivity contribution is 0.124. The quantitative estimate of drug-likeness (QED) is 0.928. The van der Waals surface area contributed by atoms with Crippen molar-refractivity contribution in [2.45, 2.75) is 38.9 Å². The Balaban J connectivity index is 1.80. The summed E-state index contributed by atoms with van der Waals surface area (Å²) >= 11 is 0. The number of piperazine rings is 1. The van der Waals surface area contributed by atoms with E-state index in [1.807, 2.05) is 12.3 Å². The van der Waals surface area contributed by atoms with E-state index < -0.39 is 0 Å². The molecule has 0 aliphatic carbocycles. The summed E-state index contributed by atoms with van der Waals surface area (Å²) < 4.78 is 0. The fraction of sp³-hybridized carbons (Fsp3) is 0.471. The molecule has 106 valence electrons. The minimum absolute atomic E-state index is 0.583. The molecule has 2 atom stereocenters. The first-order valence-corrected chi connectivity index (χ1v) is 7.57. The van der Waals surface area contributed by atoms with E-state index in [9.17, 15) is 0 Å². The Bertz CT molecular complexity index is 581. The molecule has 3 rings (SSSR count). The van der Waals surface area contributed by atoms with Gasteiger partial charge in [-0.25, -0.2) is 0 Å². The number of hydrogen-bond donors (Lipinski definition) is 1. The summed E-state index contributed by atoms with van der Waals surface area (Å²) in [6, 6.07) is 12.0. The Kier molecular flexibility index (Phi) is 3.99. The Morgan fingerprint density at radius 1 is 1.35 bits per heavy atom. The van der Waals surface area contributed by atoms with Crippen molar-refractivity contribution in [1.82, 2.24) is 15.2 Å². The Morgan fingerprint density at radius 2 is 2.25 bits per heavy atom. The Labute approximate surface area is 121 Å². The molecule has 2 heterocycles. The standard InChI is InChI=1S/C17H23N3/c1-3-16-10-19-13(2)11-20(16)12-14-6-7-17-15(9-14)5-4-8-18-17/h4-9,13,16,19H,3,10-12H2,1-2H3. The molecule has 1 N–H and O–H groups in total. The lowest BCUT2D eigenvalue weighted by Gasteiger charge is -2.39. The highest BCUT2D eigenvalue weighted by Crippen LogP contribution is 2.18. The number of hydrogen-bond acceptors (Lipinski definition) is 3. The van der Waals surface area contributed by atoms with Crippen LogP contribution in [0.2, 0.25) is 0 Å². The third-order valence-electron chi connectivity index (χ3n) is 4.25. The number of fused-ring (bicyclic) bond motifs is 1. The van der Waals surface area contributed by atoms with Gasteiger partial charge in [0.25, 0.3) is 0 Å². The zero-order chi connectivity index (χ0) is 13.9. The van der Waals surface area contributed by atoms with Crippen molar-refractivity contribution in [3.63, 3.8) is 0 Å². The van der Waals surface area contributed by atoms with E-state index in [1.165, 1.54) is 17.4 Å². The lowest BCUT2D eigenvalue weighted by Crippen LogP contribution is -2.54. The molecular weight excluding hydrogens is 246 g/mol. The van der Waals surface area contributed by atoms with Crippen LogP contribution in [0.1, 0.15) is 25.8 Å². The van der Waals surface area contributed by atoms with E-state index in [1.54, 1.807) is 0 Å². The molecule has 1 aliphatic rings. The molecule has 3 nitrogen and oxygen atoms in total. The van der Waals surface area contributed by atoms with E-state index >= 15 is 0 Å². The molecule has 2 unspecified atom stereocenters. The highest BCUT2D eigenvalue weighted by molar-refractivity contribution is 5.78. The van der Waals surface area contributed by atoms with Crippen LogP contribution in [0.15, 0.2) is 36.5 Å². The second kappa shape index (κ2) is 5.90. The van der Waals surface area contributed by atoms with Crippen LogP contribution in [-0.2, 0) is 6.54 Å². The monoisotopic (exact) mass is 269 g/mol. The summed E-state index contributed by atoms with van der Waals surface area (Å²) in [7, 11) is 0. The normalized spacial score (nSPS) is 24.1. The molecule has 20 heavy (non-hydrogen) atoms. The van der Waals surface area contributed by atoms with Crippen LogP contribution in [0.25, 0.3) is 10.9 Å². The minimum Gasteiger partial charge on any atom is -0.311 e. The molecule has 0 bridgehead atoms. The van der Waals surface area contributed by atoms with Gasteiger partial charge < -0.3 is 5.32 Å². The van der Waals surface area contributed by atoms with Crippen molar-refractivity contribution < 1.29 is 0 Å². The van der Waals surface area contributed by atoms with Crippen molar-refractivity contribution in [3.8, 4) is 0 Å². The van der Waals surface area contributed by atoms with Gasteiger partial charge in [0.15, 0.2) is 0 Å². The predicted octanol–water partition coefficient (Wildman–Crippen LogP) is 2.81. The second-order valence-corrected chi connectivity index (χ2v) is 5.83. The molecule has 3 heteroatoms. The average Bonchev–Trinajstić information content (AvgIpc) is 2.47. The largest absolute Gasteiger partial charge is 0.311 e. The van der Waals surface area contributed by atoms with Crippen LogP contribution in [0, 0.1) is 0 Å². The van der Waals surface area contributed by atoms with Crippen molar-refractivity contribution >= 4 is 10.9 Å². The summed E-state index contributed by atoms with van der Waals surface area (Å²) in [6.07, 6.45) is 3.06. The van der Waals surface area contributed by atoms with Crippen molar-refractivity contribution in [3.05, 3.63) is 42.1 Å². The van der Waals surface area contributed by atoms with Crippen LogP contribution < -0.4 is 5.32 Å². The van der Waals surface area contributed by atoms with Crippen LogP contribution in [0.5, 0.6) is 0 Å². The summed E-state index contributed by atoms with van der Waals surface area (Å²) in [6.45, 7) is 7.81. The van der Waals surface area contributed by atoms with Gasteiger partial charge in [0.05, 0.1) is 5.52 Å². The van der Waals surface area contributed by atoms with E-state index in [2.05, 4.69) is 53.3 Å². The van der Waals surface area contributed by atoms with Gasteiger partial charge in [-0.2, -0.15) is 0 Å². The smallest absolute Gasteiger partial charge is 0.0702 e. The summed E-state index contributed by atoms with van der Waals surface area (Å²) in [5.41, 5.74) is 2.47. The topological polar surface area (TPSA) is 28.2 Å². The fourth-order valence-corrected chi connectivity index (χ4v) is 3.09. The van der Waals surface area contributed by atoms with Gasteiger partial charge in [-0.1, -0.05) is 19.1 Å². The number of rotatable bonds is 3. The molecule has 2 aromatic rings. The predicted molar refractivity (Wildman–Crippen MR) is 83.7 cm³/mol. The molecule has 1 saturated heterocycles. The third kappa shape index (κ3) is 2.84. The summed E-state index contributed by atoms with van der Waals surface area (Å²) in [5, 5.41) is 4.81. The maximum absolute atomic E-state index is 4.39. The Morgan fingerprint density at radius 3 is 3.10 bits per heavy atom. The maximum Gasteiger partial charge on any atom is 0.0702 e. The average molecular weight is 269 g/mol. The van der Waals surface area contributed by atoms with Gasteiger partial charge in [0, 0.05) is 43.3 Å². The van der Waals surface area contributed by atoms with Gasteiger partial charge in [-0.15, -0.1) is 0 Å². The van der Waals surface area contributed by atoms with Crippen LogP contribution in [-0.4, -0.2) is 35.1 Å². The van der Waals surface area contributed by atoms with E-state index in [4.69, 9.17) is 0 Å². The maximum atomic E-state index is 4.39. The molecule has 1 fully saturated rings. The first kappa shape index (κ1) is 13.5. The fourth-order valence-electron chi connectivity index (χ4n) is 3.09. The molecular formula is C17H23N3. The number of benzene rings is 1. The molecule has 0 spiro atoms. The molecule has 0 saturated carbocycles. The van der Waals surface area contributed by atoms with Gasteiger partial charge in [0.1, 0.15) is 0 Å². The van der Waals surface area contributed by atoms with Crippen molar-refractivity contribution in [1.29, 1.82) is 0 Å². The highest BCUT2D eigenvalue weighted by Gasteiger charge is 2.24. The van der Waals surface area contributed by atoms with Gasteiger partial charge in [0.2, 0.25) is 0 Å². The van der Waals surface area contributed by atoms with Gasteiger partial charge >= 0.3 is 0 Å². The third-order valence-corrected chi connectivity index (χ3v) is 4.25. The van der Waals surface area contributed by atoms with Crippen molar-refractivity contribution in [2.75, 3.05) is 13.1 Å².